The normalized spacial score (nSPS) is 12.8. The highest BCUT2D eigenvalue weighted by atomic mass is 32.1. The first-order chi connectivity index (χ1) is 7.86. The van der Waals surface area contributed by atoms with Crippen molar-refractivity contribution in [2.45, 2.75) is 25.9 Å². The third kappa shape index (κ3) is 3.11. The summed E-state index contributed by atoms with van der Waals surface area (Å²) in [6.45, 7) is 3.99. The number of aryl methyl sites for hydroxylation is 1. The van der Waals surface area contributed by atoms with E-state index in [1.165, 1.54) is 0 Å². The minimum atomic E-state index is 0.321. The molecule has 86 valence electrons. The molecule has 0 spiro atoms. The number of nitrogens with one attached hydrogen (secondary N) is 1. The Morgan fingerprint density at radius 2 is 2.50 bits per heavy atom. The van der Waals surface area contributed by atoms with Crippen molar-refractivity contribution in [2.24, 2.45) is 0 Å². The van der Waals surface area contributed by atoms with Crippen LogP contribution in [0.2, 0.25) is 0 Å². The molecule has 0 aliphatic heterocycles. The highest BCUT2D eigenvalue weighted by molar-refractivity contribution is 7.07. The maximum absolute atomic E-state index is 4.27. The van der Waals surface area contributed by atoms with Crippen molar-refractivity contribution in [3.63, 3.8) is 0 Å². The SMILES string of the molecule is CC(NCCCn1ccnn1)c1cscn1. The van der Waals surface area contributed by atoms with Crippen LogP contribution >= 0.6 is 11.3 Å². The minimum absolute atomic E-state index is 0.321. The van der Waals surface area contributed by atoms with Crippen molar-refractivity contribution < 1.29 is 0 Å². The molecule has 2 heterocycles. The van der Waals surface area contributed by atoms with Crippen molar-refractivity contribution in [2.75, 3.05) is 6.54 Å². The third-order valence-electron chi connectivity index (χ3n) is 2.38. The van der Waals surface area contributed by atoms with Crippen molar-refractivity contribution in [3.8, 4) is 0 Å². The van der Waals surface area contributed by atoms with Gasteiger partial charge in [-0.3, -0.25) is 4.68 Å². The van der Waals surface area contributed by atoms with Crippen LogP contribution in [0.25, 0.3) is 0 Å². The molecule has 5 nitrogen and oxygen atoms in total. The molecule has 2 aromatic rings. The number of rotatable bonds is 6. The Morgan fingerprint density at radius 1 is 1.56 bits per heavy atom. The summed E-state index contributed by atoms with van der Waals surface area (Å²) in [6.07, 6.45) is 4.62. The van der Waals surface area contributed by atoms with Crippen LogP contribution in [0.15, 0.2) is 23.3 Å². The second-order valence-electron chi connectivity index (χ2n) is 3.61. The predicted molar refractivity (Wildman–Crippen MR) is 63.2 cm³/mol. The van der Waals surface area contributed by atoms with Gasteiger partial charge in [-0.25, -0.2) is 4.98 Å². The minimum Gasteiger partial charge on any atom is -0.309 e. The monoisotopic (exact) mass is 237 g/mol. The van der Waals surface area contributed by atoms with Gasteiger partial charge in [0.15, 0.2) is 0 Å². The van der Waals surface area contributed by atoms with E-state index in [2.05, 4.69) is 32.9 Å². The first-order valence-corrected chi connectivity index (χ1v) is 6.26. The molecule has 0 bridgehead atoms. The predicted octanol–water partition coefficient (Wildman–Crippen LogP) is 1.48. The molecule has 16 heavy (non-hydrogen) atoms. The summed E-state index contributed by atoms with van der Waals surface area (Å²) >= 11 is 1.63. The molecule has 0 amide bonds. The average molecular weight is 237 g/mol. The fourth-order valence-electron chi connectivity index (χ4n) is 1.45. The van der Waals surface area contributed by atoms with Gasteiger partial charge in [-0.2, -0.15) is 0 Å². The lowest BCUT2D eigenvalue weighted by Gasteiger charge is -2.10. The van der Waals surface area contributed by atoms with Crippen molar-refractivity contribution in [3.05, 3.63) is 29.0 Å². The average Bonchev–Trinajstić information content (AvgIpc) is 2.96. The Hall–Kier alpha value is -1.27. The van der Waals surface area contributed by atoms with Crippen molar-refractivity contribution in [1.82, 2.24) is 25.3 Å². The molecular formula is C10H15N5S. The van der Waals surface area contributed by atoms with E-state index in [4.69, 9.17) is 0 Å². The van der Waals surface area contributed by atoms with Crippen LogP contribution < -0.4 is 5.32 Å². The molecule has 0 fully saturated rings. The van der Waals surface area contributed by atoms with Gasteiger partial charge >= 0.3 is 0 Å². The van der Waals surface area contributed by atoms with Crippen LogP contribution in [0.1, 0.15) is 25.1 Å². The van der Waals surface area contributed by atoms with Gasteiger partial charge < -0.3 is 5.32 Å². The van der Waals surface area contributed by atoms with Gasteiger partial charge in [0.2, 0.25) is 0 Å². The van der Waals surface area contributed by atoms with E-state index < -0.39 is 0 Å². The summed E-state index contributed by atoms with van der Waals surface area (Å²) in [5.41, 5.74) is 2.98. The first-order valence-electron chi connectivity index (χ1n) is 5.32. The molecule has 0 radical (unpaired) electrons. The maximum atomic E-state index is 4.27. The summed E-state index contributed by atoms with van der Waals surface area (Å²) in [7, 11) is 0. The molecule has 0 saturated heterocycles. The number of thiazole rings is 1. The molecule has 1 N–H and O–H groups in total. The zero-order valence-corrected chi connectivity index (χ0v) is 10.0. The van der Waals surface area contributed by atoms with E-state index in [0.717, 1.165) is 25.2 Å². The molecule has 0 saturated carbocycles. The second-order valence-corrected chi connectivity index (χ2v) is 4.33. The first kappa shape index (κ1) is 11.2. The fourth-order valence-corrected chi connectivity index (χ4v) is 2.10. The molecule has 2 rings (SSSR count). The lowest BCUT2D eigenvalue weighted by atomic mass is 10.2. The molecule has 2 aromatic heterocycles. The van der Waals surface area contributed by atoms with Crippen LogP contribution in [0.3, 0.4) is 0 Å². The van der Waals surface area contributed by atoms with Gasteiger partial charge in [0.25, 0.3) is 0 Å². The van der Waals surface area contributed by atoms with Gasteiger partial charge in [0.1, 0.15) is 0 Å². The zero-order valence-electron chi connectivity index (χ0n) is 9.21. The Balaban J connectivity index is 1.65. The van der Waals surface area contributed by atoms with Gasteiger partial charge in [-0.1, -0.05) is 5.21 Å². The van der Waals surface area contributed by atoms with Crippen LogP contribution in [-0.4, -0.2) is 26.5 Å². The number of hydrogen-bond acceptors (Lipinski definition) is 5. The molecule has 6 heteroatoms. The van der Waals surface area contributed by atoms with Crippen LogP contribution in [-0.2, 0) is 6.54 Å². The molecule has 0 aromatic carbocycles. The third-order valence-corrected chi connectivity index (χ3v) is 2.99. The van der Waals surface area contributed by atoms with Gasteiger partial charge in [0.05, 0.1) is 17.4 Å². The number of nitrogens with zero attached hydrogens (tertiary/aromatic N) is 4. The smallest absolute Gasteiger partial charge is 0.0795 e. The summed E-state index contributed by atoms with van der Waals surface area (Å²) in [6, 6.07) is 0.321. The molecule has 0 aliphatic rings. The number of aromatic nitrogens is 4. The Labute approximate surface area is 98.5 Å². The highest BCUT2D eigenvalue weighted by Gasteiger charge is 2.05. The lowest BCUT2D eigenvalue weighted by molar-refractivity contribution is 0.495. The Kier molecular flexibility index (Phi) is 4.01. The summed E-state index contributed by atoms with van der Waals surface area (Å²) in [5, 5.41) is 13.2. The van der Waals surface area contributed by atoms with Crippen molar-refractivity contribution >= 4 is 11.3 Å². The number of hydrogen-bond donors (Lipinski definition) is 1. The molecular weight excluding hydrogens is 222 g/mol. The van der Waals surface area contributed by atoms with E-state index in [0.29, 0.717) is 6.04 Å². The highest BCUT2D eigenvalue weighted by Crippen LogP contribution is 2.11. The van der Waals surface area contributed by atoms with E-state index in [9.17, 15) is 0 Å². The van der Waals surface area contributed by atoms with E-state index in [-0.39, 0.29) is 0 Å². The Morgan fingerprint density at radius 3 is 3.19 bits per heavy atom. The quantitative estimate of drug-likeness (QED) is 0.773. The van der Waals surface area contributed by atoms with E-state index in [1.54, 1.807) is 17.5 Å². The fraction of sp³-hybridized carbons (Fsp3) is 0.500. The Bertz CT molecular complexity index is 383. The largest absolute Gasteiger partial charge is 0.309 e. The summed E-state index contributed by atoms with van der Waals surface area (Å²) < 4.78 is 1.84. The second kappa shape index (κ2) is 5.72. The topological polar surface area (TPSA) is 55.6 Å². The van der Waals surface area contributed by atoms with Crippen LogP contribution in [0, 0.1) is 0 Å². The van der Waals surface area contributed by atoms with Gasteiger partial charge in [-0.05, 0) is 19.9 Å². The lowest BCUT2D eigenvalue weighted by Crippen LogP contribution is -2.21. The van der Waals surface area contributed by atoms with Gasteiger partial charge in [-0.15, -0.1) is 16.4 Å². The summed E-state index contributed by atoms with van der Waals surface area (Å²) in [4.78, 5) is 4.27. The van der Waals surface area contributed by atoms with Crippen LogP contribution in [0.4, 0.5) is 0 Å². The zero-order chi connectivity index (χ0) is 11.2. The van der Waals surface area contributed by atoms with Gasteiger partial charge in [0, 0.05) is 24.2 Å². The maximum Gasteiger partial charge on any atom is 0.0795 e. The standard InChI is InChI=1S/C10H15N5S/c1-9(10-7-16-8-12-10)11-3-2-5-15-6-4-13-14-15/h4,6-9,11H,2-3,5H2,1H3. The molecule has 0 aliphatic carbocycles. The summed E-state index contributed by atoms with van der Waals surface area (Å²) in [5.74, 6) is 0. The van der Waals surface area contributed by atoms with E-state index in [1.807, 2.05) is 16.4 Å². The van der Waals surface area contributed by atoms with Crippen LogP contribution in [0.5, 0.6) is 0 Å². The molecule has 1 unspecified atom stereocenters. The molecule has 1 atom stereocenters. The van der Waals surface area contributed by atoms with E-state index >= 15 is 0 Å². The van der Waals surface area contributed by atoms with Crippen molar-refractivity contribution in [1.29, 1.82) is 0 Å².